The molecule has 1 atom stereocenters. The minimum absolute atomic E-state index is 0.0939. The lowest BCUT2D eigenvalue weighted by Gasteiger charge is -2.21. The number of nitrogens with one attached hydrogen (secondary N) is 1. The summed E-state index contributed by atoms with van der Waals surface area (Å²) in [5, 5.41) is 7.09. The normalized spacial score (nSPS) is 15.6. The van der Waals surface area contributed by atoms with Crippen LogP contribution in [0, 0.1) is 0 Å². The third kappa shape index (κ3) is 3.88. The summed E-state index contributed by atoms with van der Waals surface area (Å²) >= 11 is 7.31. The lowest BCUT2D eigenvalue weighted by molar-refractivity contribution is -0.115. The van der Waals surface area contributed by atoms with Crippen molar-refractivity contribution >= 4 is 40.9 Å². The van der Waals surface area contributed by atoms with Crippen LogP contribution in [0.4, 0.5) is 5.69 Å². The molecule has 0 aliphatic carbocycles. The van der Waals surface area contributed by atoms with Crippen molar-refractivity contribution in [3.05, 3.63) is 58.9 Å². The molecule has 142 valence electrons. The van der Waals surface area contributed by atoms with Gasteiger partial charge < -0.3 is 14.6 Å². The third-order valence-electron chi connectivity index (χ3n) is 4.04. The Kier molecular flexibility index (Phi) is 5.06. The molecule has 0 radical (unpaired) electrons. The summed E-state index contributed by atoms with van der Waals surface area (Å²) in [5.41, 5.74) is 1.67. The fourth-order valence-electron chi connectivity index (χ4n) is 2.58. The first-order valence-electron chi connectivity index (χ1n) is 8.37. The van der Waals surface area contributed by atoms with E-state index in [1.54, 1.807) is 42.5 Å². The van der Waals surface area contributed by atoms with Crippen LogP contribution in [-0.4, -0.2) is 27.3 Å². The molecule has 0 saturated heterocycles. The fraction of sp³-hybridized carbons (Fsp3) is 0.158. The molecule has 9 heteroatoms. The molecule has 0 fully saturated rings. The van der Waals surface area contributed by atoms with Crippen LogP contribution in [0.25, 0.3) is 11.4 Å². The number of rotatable bonds is 4. The van der Waals surface area contributed by atoms with Gasteiger partial charge in [-0.05, 0) is 49.4 Å². The molecular formula is C19H14ClN3O4S. The zero-order valence-electron chi connectivity index (χ0n) is 14.6. The Bertz CT molecular complexity index is 1050. The van der Waals surface area contributed by atoms with E-state index in [-0.39, 0.29) is 23.7 Å². The van der Waals surface area contributed by atoms with Crippen LogP contribution in [0.15, 0.2) is 51.9 Å². The van der Waals surface area contributed by atoms with E-state index in [0.717, 1.165) is 10.5 Å². The van der Waals surface area contributed by atoms with Gasteiger partial charge in [-0.3, -0.25) is 4.79 Å². The SMILES string of the molecule is CC1Sc2ccc(C(=O)OCc3nc(-c4ccc(Cl)cc4)no3)cc2NC1=O. The molecule has 0 saturated carbocycles. The Morgan fingerprint density at radius 2 is 2.07 bits per heavy atom. The molecule has 0 spiro atoms. The Labute approximate surface area is 169 Å². The number of nitrogens with zero attached hydrogens (tertiary/aromatic N) is 2. The van der Waals surface area contributed by atoms with Gasteiger partial charge in [-0.15, -0.1) is 11.8 Å². The first kappa shape index (κ1) is 18.5. The van der Waals surface area contributed by atoms with Crippen molar-refractivity contribution in [1.29, 1.82) is 0 Å². The molecule has 4 rings (SSSR count). The number of anilines is 1. The highest BCUT2D eigenvalue weighted by Crippen LogP contribution is 2.36. The summed E-state index contributed by atoms with van der Waals surface area (Å²) in [6.07, 6.45) is 0. The van der Waals surface area contributed by atoms with Gasteiger partial charge >= 0.3 is 5.97 Å². The van der Waals surface area contributed by atoms with E-state index in [1.807, 2.05) is 6.92 Å². The van der Waals surface area contributed by atoms with Gasteiger partial charge in [0.15, 0.2) is 6.61 Å². The number of hydrogen-bond acceptors (Lipinski definition) is 7. The summed E-state index contributed by atoms with van der Waals surface area (Å²) in [6.45, 7) is 1.67. The Balaban J connectivity index is 1.42. The van der Waals surface area contributed by atoms with Crippen molar-refractivity contribution in [2.24, 2.45) is 0 Å². The van der Waals surface area contributed by atoms with E-state index < -0.39 is 5.97 Å². The first-order chi connectivity index (χ1) is 13.5. The smallest absolute Gasteiger partial charge is 0.338 e. The van der Waals surface area contributed by atoms with Crippen molar-refractivity contribution in [1.82, 2.24) is 10.1 Å². The van der Waals surface area contributed by atoms with Crippen molar-refractivity contribution < 1.29 is 18.8 Å². The number of aromatic nitrogens is 2. The van der Waals surface area contributed by atoms with Gasteiger partial charge in [0.25, 0.3) is 5.89 Å². The minimum atomic E-state index is -0.549. The second-order valence-electron chi connectivity index (χ2n) is 6.06. The van der Waals surface area contributed by atoms with Crippen LogP contribution >= 0.6 is 23.4 Å². The Hall–Kier alpha value is -2.84. The van der Waals surface area contributed by atoms with Crippen molar-refractivity contribution in [2.45, 2.75) is 23.7 Å². The average Bonchev–Trinajstić information content (AvgIpc) is 3.16. The van der Waals surface area contributed by atoms with Gasteiger partial charge in [0, 0.05) is 15.5 Å². The number of benzene rings is 2. The molecule has 1 aliphatic heterocycles. The number of ether oxygens (including phenoxy) is 1. The van der Waals surface area contributed by atoms with Crippen LogP contribution in [0.2, 0.25) is 5.02 Å². The summed E-state index contributed by atoms with van der Waals surface area (Å²) in [5.74, 6) is -0.0881. The van der Waals surface area contributed by atoms with E-state index in [1.165, 1.54) is 11.8 Å². The van der Waals surface area contributed by atoms with Crippen molar-refractivity contribution in [3.63, 3.8) is 0 Å². The third-order valence-corrected chi connectivity index (χ3v) is 5.47. The number of hydrogen-bond donors (Lipinski definition) is 1. The Morgan fingerprint density at radius 3 is 2.86 bits per heavy atom. The zero-order chi connectivity index (χ0) is 19.7. The predicted octanol–water partition coefficient (Wildman–Crippen LogP) is 4.18. The molecule has 2 heterocycles. The quantitative estimate of drug-likeness (QED) is 0.638. The molecule has 1 unspecified atom stereocenters. The van der Waals surface area contributed by atoms with Crippen molar-refractivity contribution in [2.75, 3.05) is 5.32 Å². The van der Waals surface area contributed by atoms with Gasteiger partial charge in [-0.1, -0.05) is 16.8 Å². The standard InChI is InChI=1S/C19H14ClN3O4S/c1-10-18(24)21-14-8-12(4-7-15(14)28-10)19(25)26-9-16-22-17(23-27-16)11-2-5-13(20)6-3-11/h2-8,10H,9H2,1H3,(H,21,24). The fourth-order valence-corrected chi connectivity index (χ4v) is 3.63. The van der Waals surface area contributed by atoms with E-state index >= 15 is 0 Å². The van der Waals surface area contributed by atoms with Gasteiger partial charge in [0.1, 0.15) is 0 Å². The monoisotopic (exact) mass is 415 g/mol. The highest BCUT2D eigenvalue weighted by molar-refractivity contribution is 8.00. The van der Waals surface area contributed by atoms with E-state index in [4.69, 9.17) is 20.9 Å². The highest BCUT2D eigenvalue weighted by atomic mass is 35.5. The van der Waals surface area contributed by atoms with Gasteiger partial charge in [-0.2, -0.15) is 4.98 Å². The molecule has 7 nitrogen and oxygen atoms in total. The summed E-state index contributed by atoms with van der Waals surface area (Å²) < 4.78 is 10.4. The lowest BCUT2D eigenvalue weighted by Crippen LogP contribution is -2.26. The Morgan fingerprint density at radius 1 is 1.29 bits per heavy atom. The maximum absolute atomic E-state index is 12.3. The van der Waals surface area contributed by atoms with Gasteiger partial charge in [0.2, 0.25) is 11.7 Å². The molecule has 3 aromatic rings. The van der Waals surface area contributed by atoms with E-state index in [0.29, 0.717) is 22.1 Å². The molecule has 2 aromatic carbocycles. The number of halogens is 1. The maximum Gasteiger partial charge on any atom is 0.338 e. The lowest BCUT2D eigenvalue weighted by atomic mass is 10.2. The molecule has 1 aromatic heterocycles. The zero-order valence-corrected chi connectivity index (χ0v) is 16.2. The molecule has 1 N–H and O–H groups in total. The van der Waals surface area contributed by atoms with Crippen LogP contribution in [0.1, 0.15) is 23.2 Å². The number of thioether (sulfide) groups is 1. The molecule has 1 amide bonds. The molecule has 28 heavy (non-hydrogen) atoms. The van der Waals surface area contributed by atoms with E-state index in [9.17, 15) is 9.59 Å². The number of fused-ring (bicyclic) bond motifs is 1. The van der Waals surface area contributed by atoms with Crippen LogP contribution < -0.4 is 5.32 Å². The van der Waals surface area contributed by atoms with Crippen LogP contribution in [-0.2, 0) is 16.1 Å². The maximum atomic E-state index is 12.3. The topological polar surface area (TPSA) is 94.3 Å². The molecule has 0 bridgehead atoms. The second kappa shape index (κ2) is 7.65. The number of carbonyl (C=O) groups is 2. The highest BCUT2D eigenvalue weighted by Gasteiger charge is 2.24. The number of carbonyl (C=O) groups excluding carboxylic acids is 2. The van der Waals surface area contributed by atoms with E-state index in [2.05, 4.69) is 15.5 Å². The van der Waals surface area contributed by atoms with Gasteiger partial charge in [-0.25, -0.2) is 4.79 Å². The summed E-state index contributed by atoms with van der Waals surface area (Å²) in [4.78, 5) is 29.2. The second-order valence-corrected chi connectivity index (χ2v) is 7.87. The summed E-state index contributed by atoms with van der Waals surface area (Å²) in [6, 6.07) is 12.0. The minimum Gasteiger partial charge on any atom is -0.452 e. The number of esters is 1. The van der Waals surface area contributed by atoms with Crippen LogP contribution in [0.5, 0.6) is 0 Å². The molecule has 1 aliphatic rings. The first-order valence-corrected chi connectivity index (χ1v) is 9.62. The molecular weight excluding hydrogens is 402 g/mol. The average molecular weight is 416 g/mol. The predicted molar refractivity (Wildman–Crippen MR) is 104 cm³/mol. The van der Waals surface area contributed by atoms with Crippen molar-refractivity contribution in [3.8, 4) is 11.4 Å². The van der Waals surface area contributed by atoms with Crippen LogP contribution in [0.3, 0.4) is 0 Å². The largest absolute Gasteiger partial charge is 0.452 e. The number of amides is 1. The van der Waals surface area contributed by atoms with Gasteiger partial charge in [0.05, 0.1) is 16.5 Å². The summed E-state index contributed by atoms with van der Waals surface area (Å²) in [7, 11) is 0.